The zero-order valence-electron chi connectivity index (χ0n) is 8.72. The van der Waals surface area contributed by atoms with Gasteiger partial charge in [0.25, 0.3) is 5.91 Å². The van der Waals surface area contributed by atoms with Gasteiger partial charge in [-0.05, 0) is 46.3 Å². The molecule has 2 N–H and O–H groups in total. The normalized spacial score (nSPS) is 9.94. The van der Waals surface area contributed by atoms with Crippen molar-refractivity contribution in [2.75, 3.05) is 5.32 Å². The number of nitrogens with one attached hydrogen (secondary N) is 1. The van der Waals surface area contributed by atoms with Crippen LogP contribution in [-0.2, 0) is 0 Å². The smallest absolute Gasteiger partial charge is 0.256 e. The second-order valence-electron chi connectivity index (χ2n) is 3.35. The molecule has 0 unspecified atom stereocenters. The van der Waals surface area contributed by atoms with E-state index in [2.05, 4.69) is 26.2 Å². The van der Waals surface area contributed by atoms with E-state index in [-0.39, 0.29) is 11.7 Å². The van der Waals surface area contributed by atoms with Gasteiger partial charge in [-0.2, -0.15) is 0 Å². The molecular formula is C12H9BrN2O2. The predicted molar refractivity (Wildman–Crippen MR) is 68.0 cm³/mol. The molecule has 0 aliphatic rings. The number of aromatic nitrogens is 1. The van der Waals surface area contributed by atoms with Gasteiger partial charge in [-0.3, -0.25) is 4.79 Å². The molecule has 2 aromatic rings. The molecule has 2 rings (SSSR count). The quantitative estimate of drug-likeness (QED) is 0.837. The molecule has 1 aromatic heterocycles. The molecule has 0 radical (unpaired) electrons. The van der Waals surface area contributed by atoms with Gasteiger partial charge in [0.15, 0.2) is 0 Å². The molecule has 5 heteroatoms. The number of halogens is 1. The van der Waals surface area contributed by atoms with Gasteiger partial charge in [0.1, 0.15) is 16.2 Å². The first-order valence-electron chi connectivity index (χ1n) is 4.88. The summed E-state index contributed by atoms with van der Waals surface area (Å²) in [6.07, 6.45) is 0. The summed E-state index contributed by atoms with van der Waals surface area (Å²) in [5.74, 6) is 0.194. The number of nitrogens with zero attached hydrogens (tertiary/aromatic N) is 1. The number of carbonyl (C=O) groups excluding carboxylic acids is 1. The van der Waals surface area contributed by atoms with E-state index in [4.69, 9.17) is 0 Å². The number of rotatable bonds is 2. The second-order valence-corrected chi connectivity index (χ2v) is 4.16. The highest BCUT2D eigenvalue weighted by atomic mass is 79.9. The first kappa shape index (κ1) is 11.6. The highest BCUT2D eigenvalue weighted by Crippen LogP contribution is 2.14. The molecule has 0 aliphatic heterocycles. The predicted octanol–water partition coefficient (Wildman–Crippen LogP) is 2.80. The van der Waals surface area contributed by atoms with Gasteiger partial charge in [0, 0.05) is 5.56 Å². The lowest BCUT2D eigenvalue weighted by Gasteiger charge is -2.04. The summed E-state index contributed by atoms with van der Waals surface area (Å²) in [7, 11) is 0. The van der Waals surface area contributed by atoms with E-state index in [1.165, 1.54) is 12.1 Å². The van der Waals surface area contributed by atoms with Crippen molar-refractivity contribution < 1.29 is 9.90 Å². The molecule has 4 nitrogen and oxygen atoms in total. The lowest BCUT2D eigenvalue weighted by molar-refractivity contribution is 0.102. The van der Waals surface area contributed by atoms with Crippen LogP contribution in [0.1, 0.15) is 10.4 Å². The van der Waals surface area contributed by atoms with Crippen LogP contribution in [0.15, 0.2) is 47.1 Å². The van der Waals surface area contributed by atoms with Crippen LogP contribution >= 0.6 is 15.9 Å². The van der Waals surface area contributed by atoms with E-state index in [1.807, 2.05) is 0 Å². The molecule has 1 aromatic carbocycles. The van der Waals surface area contributed by atoms with Crippen LogP contribution in [0.25, 0.3) is 0 Å². The van der Waals surface area contributed by atoms with Crippen LogP contribution in [0, 0.1) is 0 Å². The maximum Gasteiger partial charge on any atom is 0.256 e. The number of pyridine rings is 1. The van der Waals surface area contributed by atoms with Crippen molar-refractivity contribution in [3.05, 3.63) is 52.6 Å². The van der Waals surface area contributed by atoms with Crippen molar-refractivity contribution in [3.8, 4) is 5.75 Å². The fourth-order valence-corrected chi connectivity index (χ4v) is 1.66. The Hall–Kier alpha value is -1.88. The molecule has 1 amide bonds. The zero-order valence-corrected chi connectivity index (χ0v) is 10.3. The topological polar surface area (TPSA) is 62.2 Å². The summed E-state index contributed by atoms with van der Waals surface area (Å²) in [6, 6.07) is 11.4. The van der Waals surface area contributed by atoms with Crippen molar-refractivity contribution in [2.24, 2.45) is 0 Å². The minimum atomic E-state index is -0.313. The average Bonchev–Trinajstić information content (AvgIpc) is 2.29. The van der Waals surface area contributed by atoms with Gasteiger partial charge in [0.05, 0.1) is 0 Å². The van der Waals surface area contributed by atoms with Crippen molar-refractivity contribution in [1.29, 1.82) is 0 Å². The van der Waals surface area contributed by atoms with Crippen LogP contribution < -0.4 is 5.32 Å². The van der Waals surface area contributed by atoms with Crippen molar-refractivity contribution >= 4 is 27.7 Å². The maximum absolute atomic E-state index is 11.8. The average molecular weight is 293 g/mol. The molecular weight excluding hydrogens is 284 g/mol. The van der Waals surface area contributed by atoms with Gasteiger partial charge in [0.2, 0.25) is 0 Å². The molecule has 0 bridgehead atoms. The number of aromatic hydroxyl groups is 1. The summed E-state index contributed by atoms with van der Waals surface area (Å²) in [5, 5.41) is 11.9. The second kappa shape index (κ2) is 4.97. The van der Waals surface area contributed by atoms with Crippen molar-refractivity contribution in [2.45, 2.75) is 0 Å². The lowest BCUT2D eigenvalue weighted by Crippen LogP contribution is -2.12. The molecule has 0 aliphatic carbocycles. The molecule has 0 saturated heterocycles. The highest BCUT2D eigenvalue weighted by Gasteiger charge is 2.07. The van der Waals surface area contributed by atoms with E-state index in [9.17, 15) is 9.90 Å². The number of amides is 1. The Balaban J connectivity index is 2.17. The van der Waals surface area contributed by atoms with Gasteiger partial charge in [-0.1, -0.05) is 12.1 Å². The van der Waals surface area contributed by atoms with Crippen LogP contribution in [0.3, 0.4) is 0 Å². The first-order valence-corrected chi connectivity index (χ1v) is 5.67. The summed E-state index contributed by atoms with van der Waals surface area (Å²) in [4.78, 5) is 15.9. The van der Waals surface area contributed by atoms with Gasteiger partial charge < -0.3 is 10.4 Å². The minimum absolute atomic E-state index is 0.0554. The largest absolute Gasteiger partial charge is 0.508 e. The Morgan fingerprint density at radius 2 is 2.00 bits per heavy atom. The van der Waals surface area contributed by atoms with E-state index in [0.717, 1.165) is 0 Å². The van der Waals surface area contributed by atoms with Crippen molar-refractivity contribution in [3.63, 3.8) is 0 Å². The van der Waals surface area contributed by atoms with E-state index in [1.54, 1.807) is 30.3 Å². The molecule has 86 valence electrons. The summed E-state index contributed by atoms with van der Waals surface area (Å²) < 4.78 is 0.645. The summed E-state index contributed by atoms with van der Waals surface area (Å²) >= 11 is 3.22. The fraction of sp³-hybridized carbons (Fsp3) is 0. The third kappa shape index (κ3) is 3.04. The number of carbonyl (C=O) groups is 1. The maximum atomic E-state index is 11.8. The summed E-state index contributed by atoms with van der Waals surface area (Å²) in [6.45, 7) is 0. The van der Waals surface area contributed by atoms with Crippen molar-refractivity contribution in [1.82, 2.24) is 4.98 Å². The molecule has 0 spiro atoms. The highest BCUT2D eigenvalue weighted by molar-refractivity contribution is 9.10. The van der Waals surface area contributed by atoms with Gasteiger partial charge >= 0.3 is 0 Å². The SMILES string of the molecule is O=C(Nc1cccc(Br)n1)c1cccc(O)c1. The number of hydrogen-bond donors (Lipinski definition) is 2. The van der Waals surface area contributed by atoms with Crippen LogP contribution in [0.5, 0.6) is 5.75 Å². The monoisotopic (exact) mass is 292 g/mol. The van der Waals surface area contributed by atoms with E-state index < -0.39 is 0 Å². The molecule has 17 heavy (non-hydrogen) atoms. The molecule has 0 saturated carbocycles. The Kier molecular flexibility index (Phi) is 3.39. The molecule has 1 heterocycles. The summed E-state index contributed by atoms with van der Waals surface area (Å²) in [5.41, 5.74) is 0.381. The Bertz CT molecular complexity index is 558. The standard InChI is InChI=1S/C12H9BrN2O2/c13-10-5-2-6-11(14-10)15-12(17)8-3-1-4-9(16)7-8/h1-7,16H,(H,14,15,17). The van der Waals surface area contributed by atoms with E-state index in [0.29, 0.717) is 16.0 Å². The van der Waals surface area contributed by atoms with E-state index >= 15 is 0 Å². The Morgan fingerprint density at radius 1 is 1.24 bits per heavy atom. The lowest BCUT2D eigenvalue weighted by atomic mass is 10.2. The van der Waals surface area contributed by atoms with Crippen LogP contribution in [-0.4, -0.2) is 16.0 Å². The van der Waals surface area contributed by atoms with Crippen LogP contribution in [0.2, 0.25) is 0 Å². The minimum Gasteiger partial charge on any atom is -0.508 e. The molecule has 0 fully saturated rings. The molecule has 0 atom stereocenters. The van der Waals surface area contributed by atoms with Crippen LogP contribution in [0.4, 0.5) is 5.82 Å². The Morgan fingerprint density at radius 3 is 2.71 bits per heavy atom. The third-order valence-electron chi connectivity index (χ3n) is 2.07. The zero-order chi connectivity index (χ0) is 12.3. The number of phenols is 1. The number of benzene rings is 1. The van der Waals surface area contributed by atoms with Gasteiger partial charge in [-0.25, -0.2) is 4.98 Å². The number of anilines is 1. The number of hydrogen-bond acceptors (Lipinski definition) is 3. The first-order chi connectivity index (χ1) is 8.15. The third-order valence-corrected chi connectivity index (χ3v) is 2.51. The Labute approximate surface area is 106 Å². The number of phenolic OH excluding ortho intramolecular Hbond substituents is 1. The van der Waals surface area contributed by atoms with Gasteiger partial charge in [-0.15, -0.1) is 0 Å². The fourth-order valence-electron chi connectivity index (χ4n) is 1.31.